The molecular weight excluding hydrogens is 315 g/mol. The van der Waals surface area contributed by atoms with Crippen LogP contribution in [0.25, 0.3) is 0 Å². The first-order chi connectivity index (χ1) is 10.8. The van der Waals surface area contributed by atoms with Crippen molar-refractivity contribution in [2.45, 2.75) is 18.7 Å². The molecule has 23 heavy (non-hydrogen) atoms. The van der Waals surface area contributed by atoms with Gasteiger partial charge in [-0.3, -0.25) is 0 Å². The summed E-state index contributed by atoms with van der Waals surface area (Å²) < 4.78 is 38.5. The van der Waals surface area contributed by atoms with E-state index < -0.39 is 15.7 Å². The Morgan fingerprint density at radius 2 is 1.74 bits per heavy atom. The Kier molecular flexibility index (Phi) is 3.46. The second kappa shape index (κ2) is 5.21. The van der Waals surface area contributed by atoms with Crippen molar-refractivity contribution >= 4 is 21.2 Å². The Hall–Kier alpha value is -2.65. The number of aryl methyl sites for hydroxylation is 2. The summed E-state index contributed by atoms with van der Waals surface area (Å²) in [6.07, 6.45) is 1.24. The molecule has 0 N–H and O–H groups in total. The van der Waals surface area contributed by atoms with Crippen LogP contribution in [0.1, 0.15) is 11.1 Å². The summed E-state index contributed by atoms with van der Waals surface area (Å²) in [4.78, 5) is 1.10. The van der Waals surface area contributed by atoms with Gasteiger partial charge in [0.25, 0.3) is 0 Å². The number of rotatable bonds is 1. The molecule has 0 spiro atoms. The fourth-order valence-electron chi connectivity index (χ4n) is 2.67. The van der Waals surface area contributed by atoms with Crippen molar-refractivity contribution in [1.82, 2.24) is 0 Å². The minimum absolute atomic E-state index is 0.0721. The third-order valence-electron chi connectivity index (χ3n) is 3.60. The largest absolute Gasteiger partial charge is 0.314 e. The SMILES string of the molecule is Cc1cc(C)cc(N2C=C(C#N)S(=O)(=O)c3ccc(F)cc32)c1. The van der Waals surface area contributed by atoms with E-state index in [2.05, 4.69) is 0 Å². The predicted molar refractivity (Wildman–Crippen MR) is 85.3 cm³/mol. The first kappa shape index (κ1) is 15.3. The van der Waals surface area contributed by atoms with Gasteiger partial charge in [0, 0.05) is 11.9 Å². The van der Waals surface area contributed by atoms with E-state index >= 15 is 0 Å². The van der Waals surface area contributed by atoms with Crippen molar-refractivity contribution in [2.75, 3.05) is 4.90 Å². The Balaban J connectivity index is 2.33. The van der Waals surface area contributed by atoms with E-state index in [1.165, 1.54) is 17.2 Å². The number of fused-ring (bicyclic) bond motifs is 1. The van der Waals surface area contributed by atoms with Gasteiger partial charge in [-0.05, 0) is 55.3 Å². The van der Waals surface area contributed by atoms with Crippen LogP contribution < -0.4 is 4.90 Å². The molecule has 0 aliphatic carbocycles. The van der Waals surface area contributed by atoms with E-state index in [1.54, 1.807) is 6.07 Å². The third kappa shape index (κ3) is 2.49. The Morgan fingerprint density at radius 3 is 2.35 bits per heavy atom. The van der Waals surface area contributed by atoms with Crippen molar-refractivity contribution in [3.05, 3.63) is 64.4 Å². The van der Waals surface area contributed by atoms with E-state index in [0.717, 1.165) is 23.3 Å². The molecule has 3 rings (SSSR count). The van der Waals surface area contributed by atoms with Gasteiger partial charge in [-0.1, -0.05) is 6.07 Å². The zero-order valence-corrected chi connectivity index (χ0v) is 13.4. The summed E-state index contributed by atoms with van der Waals surface area (Å²) in [6.45, 7) is 3.83. The molecule has 0 amide bonds. The highest BCUT2D eigenvalue weighted by atomic mass is 32.2. The molecule has 0 fully saturated rings. The Bertz CT molecular complexity index is 968. The van der Waals surface area contributed by atoms with Gasteiger partial charge in [0.15, 0.2) is 4.91 Å². The van der Waals surface area contributed by atoms with Crippen LogP contribution in [0.3, 0.4) is 0 Å². The van der Waals surface area contributed by atoms with Crippen molar-refractivity contribution < 1.29 is 12.8 Å². The van der Waals surface area contributed by atoms with E-state index in [4.69, 9.17) is 0 Å². The third-order valence-corrected chi connectivity index (χ3v) is 5.30. The lowest BCUT2D eigenvalue weighted by Gasteiger charge is -2.28. The zero-order chi connectivity index (χ0) is 16.8. The number of hydrogen-bond acceptors (Lipinski definition) is 4. The Labute approximate surface area is 134 Å². The van der Waals surface area contributed by atoms with Crippen molar-refractivity contribution in [2.24, 2.45) is 0 Å². The summed E-state index contributed by atoms with van der Waals surface area (Å²) in [6, 6.07) is 10.8. The number of allylic oxidation sites excluding steroid dienone is 1. The van der Waals surface area contributed by atoms with Gasteiger partial charge in [-0.25, -0.2) is 12.8 Å². The van der Waals surface area contributed by atoms with Crippen LogP contribution in [0.2, 0.25) is 0 Å². The van der Waals surface area contributed by atoms with Crippen LogP contribution >= 0.6 is 0 Å². The molecule has 116 valence electrons. The summed E-state index contributed by atoms with van der Waals surface area (Å²) in [5.41, 5.74) is 2.85. The van der Waals surface area contributed by atoms with Crippen LogP contribution in [0.5, 0.6) is 0 Å². The number of nitrogens with zero attached hydrogens (tertiary/aromatic N) is 2. The molecular formula is C17H13FN2O2S. The van der Waals surface area contributed by atoms with Gasteiger partial charge < -0.3 is 4.90 Å². The highest BCUT2D eigenvalue weighted by molar-refractivity contribution is 7.95. The van der Waals surface area contributed by atoms with Gasteiger partial charge in [0.05, 0.1) is 10.6 Å². The second-order valence-electron chi connectivity index (χ2n) is 5.44. The molecule has 0 unspecified atom stereocenters. The quantitative estimate of drug-likeness (QED) is 0.748. The van der Waals surface area contributed by atoms with E-state index in [-0.39, 0.29) is 15.5 Å². The minimum atomic E-state index is -3.92. The number of benzene rings is 2. The van der Waals surface area contributed by atoms with E-state index in [9.17, 15) is 18.1 Å². The molecule has 2 aromatic carbocycles. The number of anilines is 2. The lowest BCUT2D eigenvalue weighted by molar-refractivity contribution is 0.600. The summed E-state index contributed by atoms with van der Waals surface area (Å²) in [7, 11) is -3.92. The number of halogens is 1. The maximum Gasteiger partial charge on any atom is 0.220 e. The summed E-state index contributed by atoms with van der Waals surface area (Å²) in [5.74, 6) is -0.540. The average Bonchev–Trinajstić information content (AvgIpc) is 2.46. The molecule has 0 radical (unpaired) electrons. The second-order valence-corrected chi connectivity index (χ2v) is 7.32. The first-order valence-corrected chi connectivity index (χ1v) is 8.35. The Morgan fingerprint density at radius 1 is 1.09 bits per heavy atom. The van der Waals surface area contributed by atoms with Crippen molar-refractivity contribution in [1.29, 1.82) is 5.26 Å². The van der Waals surface area contributed by atoms with Crippen molar-refractivity contribution in [3.8, 4) is 6.07 Å². The molecule has 1 heterocycles. The molecule has 4 nitrogen and oxygen atoms in total. The number of sulfone groups is 1. The van der Waals surface area contributed by atoms with E-state index in [0.29, 0.717) is 5.69 Å². The van der Waals surface area contributed by atoms with Gasteiger partial charge in [0.1, 0.15) is 11.9 Å². The molecule has 6 heteroatoms. The van der Waals surface area contributed by atoms with Crippen LogP contribution in [0, 0.1) is 31.0 Å². The molecule has 0 saturated carbocycles. The normalized spacial score (nSPS) is 15.6. The minimum Gasteiger partial charge on any atom is -0.314 e. The fraction of sp³-hybridized carbons (Fsp3) is 0.118. The van der Waals surface area contributed by atoms with Gasteiger partial charge >= 0.3 is 0 Å². The van der Waals surface area contributed by atoms with Crippen LogP contribution in [-0.2, 0) is 9.84 Å². The van der Waals surface area contributed by atoms with Crippen LogP contribution in [-0.4, -0.2) is 8.42 Å². The molecule has 0 saturated heterocycles. The van der Waals surface area contributed by atoms with E-state index in [1.807, 2.05) is 32.0 Å². The molecule has 0 aromatic heterocycles. The molecule has 1 aliphatic rings. The zero-order valence-electron chi connectivity index (χ0n) is 12.5. The highest BCUT2D eigenvalue weighted by Gasteiger charge is 2.32. The average molecular weight is 328 g/mol. The molecule has 2 aromatic rings. The maximum absolute atomic E-state index is 13.7. The van der Waals surface area contributed by atoms with Gasteiger partial charge in [0.2, 0.25) is 9.84 Å². The monoisotopic (exact) mass is 328 g/mol. The molecule has 1 aliphatic heterocycles. The first-order valence-electron chi connectivity index (χ1n) is 6.87. The van der Waals surface area contributed by atoms with Gasteiger partial charge in [-0.15, -0.1) is 0 Å². The number of nitriles is 1. The standard InChI is InChI=1S/C17H13FN2O2S/c1-11-5-12(2)7-14(6-11)20-10-15(9-19)23(21,22)17-4-3-13(18)8-16(17)20/h3-8,10H,1-2H3. The molecule has 0 bridgehead atoms. The van der Waals surface area contributed by atoms with Gasteiger partial charge in [-0.2, -0.15) is 5.26 Å². The number of hydrogen-bond donors (Lipinski definition) is 0. The van der Waals surface area contributed by atoms with Crippen LogP contribution in [0.15, 0.2) is 52.4 Å². The topological polar surface area (TPSA) is 61.2 Å². The highest BCUT2D eigenvalue weighted by Crippen LogP contribution is 2.40. The molecule has 0 atom stereocenters. The fourth-order valence-corrected chi connectivity index (χ4v) is 3.95. The lowest BCUT2D eigenvalue weighted by atomic mass is 10.1. The maximum atomic E-state index is 13.7. The van der Waals surface area contributed by atoms with Crippen LogP contribution in [0.4, 0.5) is 15.8 Å². The van der Waals surface area contributed by atoms with Crippen molar-refractivity contribution in [3.63, 3.8) is 0 Å². The predicted octanol–water partition coefficient (Wildman–Crippen LogP) is 3.73. The smallest absolute Gasteiger partial charge is 0.220 e. The summed E-state index contributed by atoms with van der Waals surface area (Å²) in [5, 5.41) is 9.18. The lowest BCUT2D eigenvalue weighted by Crippen LogP contribution is -2.21. The summed E-state index contributed by atoms with van der Waals surface area (Å²) >= 11 is 0.